The Hall–Kier alpha value is -1.63. The number of hydrogen-bond acceptors (Lipinski definition) is 5. The van der Waals surface area contributed by atoms with Crippen LogP contribution in [0.15, 0.2) is 46.2 Å². The minimum Gasteiger partial charge on any atom is -0.785 e. The first-order valence-corrected chi connectivity index (χ1v) is 7.82. The van der Waals surface area contributed by atoms with Gasteiger partial charge in [0.2, 0.25) is 0 Å². The van der Waals surface area contributed by atoms with Gasteiger partial charge in [0.25, 0.3) is 5.56 Å². The number of hydroxylamine groups is 2. The number of aromatic nitrogens is 2. The molecule has 21 heavy (non-hydrogen) atoms. The molecule has 1 aromatic carbocycles. The number of fused-ring (bicyclic) bond motifs is 1. The van der Waals surface area contributed by atoms with Crippen molar-refractivity contribution in [3.05, 3.63) is 63.2 Å². The first-order chi connectivity index (χ1) is 10.2. The summed E-state index contributed by atoms with van der Waals surface area (Å²) in [4.78, 5) is 12.9. The number of nitrogens with zero attached hydrogens (tertiary/aromatic N) is 3. The van der Waals surface area contributed by atoms with Crippen molar-refractivity contribution >= 4 is 11.8 Å². The summed E-state index contributed by atoms with van der Waals surface area (Å²) in [6.07, 6.45) is 2.25. The van der Waals surface area contributed by atoms with Crippen LogP contribution in [0, 0.1) is 5.21 Å². The first-order valence-electron chi connectivity index (χ1n) is 6.83. The Labute approximate surface area is 127 Å². The minimum absolute atomic E-state index is 0.120. The van der Waals surface area contributed by atoms with E-state index in [4.69, 9.17) is 0 Å². The Kier molecular flexibility index (Phi) is 4.10. The van der Waals surface area contributed by atoms with Gasteiger partial charge < -0.3 is 10.3 Å². The molecule has 2 aromatic rings. The fourth-order valence-corrected chi connectivity index (χ4v) is 3.60. The van der Waals surface area contributed by atoms with E-state index in [1.54, 1.807) is 13.2 Å². The highest BCUT2D eigenvalue weighted by Crippen LogP contribution is 2.33. The van der Waals surface area contributed by atoms with Crippen LogP contribution < -0.4 is 5.56 Å². The van der Waals surface area contributed by atoms with Crippen LogP contribution in [0.3, 0.4) is 0 Å². The SMILES string of the molecule is Cn1ncc2c(c1=O)SCCN([O-])C2Cc1ccccc1. The van der Waals surface area contributed by atoms with Crippen molar-refractivity contribution in [1.82, 2.24) is 14.8 Å². The molecule has 0 saturated heterocycles. The summed E-state index contributed by atoms with van der Waals surface area (Å²) >= 11 is 1.45. The minimum atomic E-state index is -0.348. The Morgan fingerprint density at radius 3 is 2.90 bits per heavy atom. The van der Waals surface area contributed by atoms with Crippen LogP contribution in [0.4, 0.5) is 0 Å². The van der Waals surface area contributed by atoms with Gasteiger partial charge in [-0.3, -0.25) is 4.79 Å². The fraction of sp³-hybridized carbons (Fsp3) is 0.333. The summed E-state index contributed by atoms with van der Waals surface area (Å²) in [5.41, 5.74) is 1.71. The predicted molar refractivity (Wildman–Crippen MR) is 83.2 cm³/mol. The molecule has 5 nitrogen and oxygen atoms in total. The summed E-state index contributed by atoms with van der Waals surface area (Å²) in [5.74, 6) is 0.626. The molecule has 0 saturated carbocycles. The summed E-state index contributed by atoms with van der Waals surface area (Å²) in [6, 6.07) is 9.52. The van der Waals surface area contributed by atoms with Crippen molar-refractivity contribution in [2.75, 3.05) is 12.3 Å². The second kappa shape index (κ2) is 6.01. The molecule has 0 N–H and O–H groups in total. The molecule has 3 rings (SSSR count). The molecule has 0 radical (unpaired) electrons. The average molecular weight is 302 g/mol. The molecule has 110 valence electrons. The van der Waals surface area contributed by atoms with Crippen molar-refractivity contribution in [3.8, 4) is 0 Å². The quantitative estimate of drug-likeness (QED) is 0.849. The number of hydrogen-bond donors (Lipinski definition) is 0. The normalized spacial score (nSPS) is 19.0. The van der Waals surface area contributed by atoms with Crippen LogP contribution >= 0.6 is 11.8 Å². The van der Waals surface area contributed by atoms with Gasteiger partial charge >= 0.3 is 0 Å². The fourth-order valence-electron chi connectivity index (χ4n) is 2.51. The molecule has 0 spiro atoms. The molecule has 1 aliphatic rings. The molecule has 6 heteroatoms. The van der Waals surface area contributed by atoms with Gasteiger partial charge in [0.1, 0.15) is 0 Å². The van der Waals surface area contributed by atoms with Crippen molar-refractivity contribution in [3.63, 3.8) is 0 Å². The molecule has 2 heterocycles. The highest BCUT2D eigenvalue weighted by molar-refractivity contribution is 7.99. The molecule has 0 amide bonds. The molecule has 1 aliphatic heterocycles. The smallest absolute Gasteiger partial charge is 0.280 e. The lowest BCUT2D eigenvalue weighted by Crippen LogP contribution is -2.28. The van der Waals surface area contributed by atoms with Crippen LogP contribution in [0.25, 0.3) is 0 Å². The van der Waals surface area contributed by atoms with E-state index < -0.39 is 0 Å². The van der Waals surface area contributed by atoms with Crippen molar-refractivity contribution in [2.45, 2.75) is 17.4 Å². The number of rotatable bonds is 2. The molecular formula is C15H16N3O2S-. The highest BCUT2D eigenvalue weighted by Gasteiger charge is 2.24. The van der Waals surface area contributed by atoms with E-state index in [0.717, 1.165) is 16.2 Å². The summed E-state index contributed by atoms with van der Waals surface area (Å²) in [5, 5.41) is 17.5. The van der Waals surface area contributed by atoms with Gasteiger partial charge in [-0.15, -0.1) is 11.8 Å². The van der Waals surface area contributed by atoms with Crippen LogP contribution in [0.5, 0.6) is 0 Å². The summed E-state index contributed by atoms with van der Waals surface area (Å²) in [6.45, 7) is 0.417. The van der Waals surface area contributed by atoms with Crippen LogP contribution in [-0.2, 0) is 13.5 Å². The third-order valence-electron chi connectivity index (χ3n) is 3.66. The van der Waals surface area contributed by atoms with Crippen molar-refractivity contribution in [2.24, 2.45) is 7.05 Å². The maximum atomic E-state index is 12.3. The van der Waals surface area contributed by atoms with E-state index >= 15 is 0 Å². The monoisotopic (exact) mass is 302 g/mol. The molecule has 1 aromatic heterocycles. The maximum absolute atomic E-state index is 12.3. The van der Waals surface area contributed by atoms with Crippen LogP contribution in [0.1, 0.15) is 17.2 Å². The van der Waals surface area contributed by atoms with E-state index in [2.05, 4.69) is 5.10 Å². The van der Waals surface area contributed by atoms with Gasteiger partial charge in [-0.2, -0.15) is 5.10 Å². The lowest BCUT2D eigenvalue weighted by Gasteiger charge is -2.35. The Morgan fingerprint density at radius 2 is 2.14 bits per heavy atom. The standard InChI is InChI=1S/C15H16N3O2S/c1-17-15(19)14-12(10-16-17)13(18(20)7-8-21-14)9-11-5-3-2-4-6-11/h2-6,10,13H,7-9H2,1H3/q-1. The number of thioether (sulfide) groups is 1. The number of benzene rings is 1. The second-order valence-corrected chi connectivity index (χ2v) is 6.16. The van der Waals surface area contributed by atoms with E-state index in [0.29, 0.717) is 23.6 Å². The van der Waals surface area contributed by atoms with Crippen LogP contribution in [-0.4, -0.2) is 27.1 Å². The highest BCUT2D eigenvalue weighted by atomic mass is 32.2. The molecule has 0 fully saturated rings. The summed E-state index contributed by atoms with van der Waals surface area (Å²) in [7, 11) is 1.63. The second-order valence-electron chi connectivity index (χ2n) is 5.05. The molecule has 1 atom stereocenters. The van der Waals surface area contributed by atoms with E-state index in [-0.39, 0.29) is 11.6 Å². The Bertz CT molecular complexity index is 687. The third-order valence-corrected chi connectivity index (χ3v) is 4.74. The van der Waals surface area contributed by atoms with Gasteiger partial charge in [0.05, 0.1) is 11.1 Å². The van der Waals surface area contributed by atoms with E-state index in [1.807, 2.05) is 30.3 Å². The van der Waals surface area contributed by atoms with Gasteiger partial charge in [0.15, 0.2) is 0 Å². The molecule has 1 unspecified atom stereocenters. The molecule has 0 aliphatic carbocycles. The van der Waals surface area contributed by atoms with Gasteiger partial charge in [-0.25, -0.2) is 4.68 Å². The van der Waals surface area contributed by atoms with E-state index in [9.17, 15) is 10.0 Å². The first kappa shape index (κ1) is 14.3. The van der Waals surface area contributed by atoms with E-state index in [1.165, 1.54) is 16.4 Å². The Balaban J connectivity index is 2.03. The maximum Gasteiger partial charge on any atom is 0.280 e. The molecular weight excluding hydrogens is 286 g/mol. The molecule has 0 bridgehead atoms. The predicted octanol–water partition coefficient (Wildman–Crippen LogP) is 1.97. The number of aryl methyl sites for hydroxylation is 1. The average Bonchev–Trinajstić information content (AvgIpc) is 2.65. The lowest BCUT2D eigenvalue weighted by atomic mass is 10.00. The lowest BCUT2D eigenvalue weighted by molar-refractivity contribution is 0.293. The topological polar surface area (TPSA) is 61.2 Å². The van der Waals surface area contributed by atoms with Crippen LogP contribution in [0.2, 0.25) is 0 Å². The van der Waals surface area contributed by atoms with Gasteiger partial charge in [-0.1, -0.05) is 30.3 Å². The largest absolute Gasteiger partial charge is 0.785 e. The third kappa shape index (κ3) is 2.88. The van der Waals surface area contributed by atoms with Crippen molar-refractivity contribution in [1.29, 1.82) is 0 Å². The van der Waals surface area contributed by atoms with Gasteiger partial charge in [0, 0.05) is 24.4 Å². The zero-order chi connectivity index (χ0) is 14.8. The Morgan fingerprint density at radius 1 is 1.38 bits per heavy atom. The summed E-state index contributed by atoms with van der Waals surface area (Å²) < 4.78 is 1.33. The van der Waals surface area contributed by atoms with Crippen molar-refractivity contribution < 1.29 is 0 Å². The zero-order valence-electron chi connectivity index (χ0n) is 11.7. The van der Waals surface area contributed by atoms with Gasteiger partial charge in [-0.05, 0) is 18.5 Å². The zero-order valence-corrected chi connectivity index (χ0v) is 12.5.